The number of aromatic nitrogens is 2. The summed E-state index contributed by atoms with van der Waals surface area (Å²) in [6, 6.07) is 14.4. The Hall–Kier alpha value is -1.94. The molecule has 0 atom stereocenters. The highest BCUT2D eigenvalue weighted by molar-refractivity contribution is 9.11. The van der Waals surface area contributed by atoms with Gasteiger partial charge in [-0.05, 0) is 24.3 Å². The molecule has 0 saturated heterocycles. The van der Waals surface area contributed by atoms with Crippen molar-refractivity contribution in [2.45, 2.75) is 6.54 Å². The second-order valence-corrected chi connectivity index (χ2v) is 5.63. The van der Waals surface area contributed by atoms with Crippen molar-refractivity contribution in [3.8, 4) is 11.4 Å². The normalized spacial score (nSPS) is 10.9. The van der Waals surface area contributed by atoms with Crippen LogP contribution in [0.5, 0.6) is 0 Å². The number of halogens is 2. The molecule has 3 aromatic rings. The fraction of sp³-hybridized carbons (Fsp3) is 0.0625. The Balaban J connectivity index is 2.29. The van der Waals surface area contributed by atoms with Gasteiger partial charge in [-0.25, -0.2) is 9.37 Å². The van der Waals surface area contributed by atoms with Crippen LogP contribution in [0.1, 0.15) is 0 Å². The van der Waals surface area contributed by atoms with Crippen LogP contribution in [0.3, 0.4) is 0 Å². The van der Waals surface area contributed by atoms with Crippen molar-refractivity contribution < 1.29 is 4.39 Å². The van der Waals surface area contributed by atoms with Crippen molar-refractivity contribution in [1.29, 1.82) is 0 Å². The molecule has 4 heteroatoms. The smallest absolute Gasteiger partial charge is 0.144 e. The molecule has 0 aliphatic carbocycles. The largest absolute Gasteiger partial charge is 0.319 e. The summed E-state index contributed by atoms with van der Waals surface area (Å²) in [6.07, 6.45) is 0. The number of hydrogen-bond acceptors (Lipinski definition) is 1. The Morgan fingerprint density at radius 1 is 1.15 bits per heavy atom. The van der Waals surface area contributed by atoms with E-state index < -0.39 is 0 Å². The fourth-order valence-electron chi connectivity index (χ4n) is 2.26. The molecular weight excluding hydrogens is 319 g/mol. The van der Waals surface area contributed by atoms with Crippen LogP contribution in [0.2, 0.25) is 0 Å². The topological polar surface area (TPSA) is 17.8 Å². The van der Waals surface area contributed by atoms with Crippen molar-refractivity contribution in [3.63, 3.8) is 0 Å². The average molecular weight is 331 g/mol. The van der Waals surface area contributed by atoms with Crippen molar-refractivity contribution in [1.82, 2.24) is 9.55 Å². The summed E-state index contributed by atoms with van der Waals surface area (Å²) in [7, 11) is 0. The van der Waals surface area contributed by atoms with E-state index in [1.807, 2.05) is 34.9 Å². The lowest BCUT2D eigenvalue weighted by atomic mass is 10.2. The van der Waals surface area contributed by atoms with E-state index in [1.54, 1.807) is 12.1 Å². The summed E-state index contributed by atoms with van der Waals surface area (Å²) in [5.41, 5.74) is 2.31. The predicted octanol–water partition coefficient (Wildman–Crippen LogP) is 4.75. The number of hydrogen-bond donors (Lipinski definition) is 0. The lowest BCUT2D eigenvalue weighted by Crippen LogP contribution is -2.01. The Morgan fingerprint density at radius 3 is 2.60 bits per heavy atom. The van der Waals surface area contributed by atoms with Gasteiger partial charge in [-0.1, -0.05) is 46.8 Å². The number of nitrogens with zero attached hydrogens (tertiary/aromatic N) is 2. The first-order chi connectivity index (χ1) is 9.66. The highest BCUT2D eigenvalue weighted by Gasteiger charge is 2.15. The maximum atomic E-state index is 14.0. The van der Waals surface area contributed by atoms with E-state index in [2.05, 4.69) is 27.5 Å². The molecule has 0 fully saturated rings. The lowest BCUT2D eigenvalue weighted by Gasteiger charge is -2.09. The summed E-state index contributed by atoms with van der Waals surface area (Å²) in [4.78, 5) is 4.56. The molecule has 2 nitrogen and oxygen atoms in total. The van der Waals surface area contributed by atoms with Gasteiger partial charge >= 0.3 is 0 Å². The van der Waals surface area contributed by atoms with Crippen molar-refractivity contribution >= 4 is 27.0 Å². The molecule has 1 aromatic heterocycles. The molecule has 1 heterocycles. The van der Waals surface area contributed by atoms with E-state index in [9.17, 15) is 4.39 Å². The van der Waals surface area contributed by atoms with E-state index in [1.165, 1.54) is 6.07 Å². The molecule has 0 aliphatic heterocycles. The Kier molecular flexibility index (Phi) is 3.40. The minimum absolute atomic E-state index is 0.274. The Morgan fingerprint density at radius 2 is 1.85 bits per heavy atom. The molecule has 0 saturated carbocycles. The van der Waals surface area contributed by atoms with Crippen LogP contribution in [-0.4, -0.2) is 9.55 Å². The number of imidazole rings is 1. The van der Waals surface area contributed by atoms with Gasteiger partial charge in [0.05, 0.1) is 23.1 Å². The summed E-state index contributed by atoms with van der Waals surface area (Å²) in [6.45, 7) is 4.41. The molecule has 0 N–H and O–H groups in total. The second kappa shape index (κ2) is 5.21. The van der Waals surface area contributed by atoms with Crippen LogP contribution in [0.15, 0.2) is 59.6 Å². The third-order valence-corrected chi connectivity index (χ3v) is 3.35. The number of rotatable bonds is 3. The Labute approximate surface area is 124 Å². The molecule has 0 bridgehead atoms. The molecule has 0 aliphatic rings. The second-order valence-electron chi connectivity index (χ2n) is 4.51. The predicted molar refractivity (Wildman–Crippen MR) is 83.2 cm³/mol. The van der Waals surface area contributed by atoms with Gasteiger partial charge in [0.1, 0.15) is 11.6 Å². The highest BCUT2D eigenvalue weighted by atomic mass is 79.9. The zero-order chi connectivity index (χ0) is 14.1. The van der Waals surface area contributed by atoms with Gasteiger partial charge in [0.2, 0.25) is 0 Å². The summed E-state index contributed by atoms with van der Waals surface area (Å²) in [5.74, 6) is 0.342. The minimum Gasteiger partial charge on any atom is -0.319 e. The van der Waals surface area contributed by atoms with Crippen LogP contribution in [-0.2, 0) is 6.54 Å². The summed E-state index contributed by atoms with van der Waals surface area (Å²) in [5, 5.41) is 0. The Bertz CT molecular complexity index is 792. The molecule has 0 unspecified atom stereocenters. The quantitative estimate of drug-likeness (QED) is 0.677. The number of para-hydroxylation sites is 2. The number of benzene rings is 2. The van der Waals surface area contributed by atoms with Crippen molar-refractivity contribution in [3.05, 3.63) is 65.4 Å². The lowest BCUT2D eigenvalue weighted by molar-refractivity contribution is 0.628. The van der Waals surface area contributed by atoms with E-state index in [4.69, 9.17) is 0 Å². The van der Waals surface area contributed by atoms with Crippen molar-refractivity contribution in [2.24, 2.45) is 0 Å². The molecule has 100 valence electrons. The van der Waals surface area contributed by atoms with Crippen LogP contribution in [0.4, 0.5) is 4.39 Å². The van der Waals surface area contributed by atoms with Gasteiger partial charge in [0.25, 0.3) is 0 Å². The van der Waals surface area contributed by atoms with Crippen LogP contribution >= 0.6 is 15.9 Å². The van der Waals surface area contributed by atoms with Gasteiger partial charge in [-0.2, -0.15) is 0 Å². The first-order valence-electron chi connectivity index (χ1n) is 6.20. The minimum atomic E-state index is -0.274. The van der Waals surface area contributed by atoms with Crippen LogP contribution in [0.25, 0.3) is 22.4 Å². The highest BCUT2D eigenvalue weighted by Crippen LogP contribution is 2.28. The van der Waals surface area contributed by atoms with Crippen LogP contribution < -0.4 is 0 Å². The third kappa shape index (κ3) is 2.27. The maximum absolute atomic E-state index is 14.0. The van der Waals surface area contributed by atoms with Gasteiger partial charge in [0, 0.05) is 4.48 Å². The summed E-state index contributed by atoms with van der Waals surface area (Å²) < 4.78 is 16.8. The molecule has 0 radical (unpaired) electrons. The monoisotopic (exact) mass is 330 g/mol. The fourth-order valence-corrected chi connectivity index (χ4v) is 2.51. The molecule has 0 amide bonds. The standard InChI is InChI=1S/C16H12BrFN2/c1-11(17)10-20-15-9-5-4-8-14(15)19-16(20)12-6-2-3-7-13(12)18/h2-9H,1,10H2. The number of allylic oxidation sites excluding steroid dienone is 1. The third-order valence-electron chi connectivity index (χ3n) is 3.10. The molecule has 3 rings (SSSR count). The van der Waals surface area contributed by atoms with Gasteiger partial charge in [-0.3, -0.25) is 0 Å². The van der Waals surface area contributed by atoms with E-state index in [0.29, 0.717) is 17.9 Å². The van der Waals surface area contributed by atoms with E-state index in [-0.39, 0.29) is 5.82 Å². The summed E-state index contributed by atoms with van der Waals surface area (Å²) >= 11 is 3.37. The molecular formula is C16H12BrFN2. The SMILES string of the molecule is C=C(Br)Cn1c(-c2ccccc2F)nc2ccccc21. The maximum Gasteiger partial charge on any atom is 0.144 e. The van der Waals surface area contributed by atoms with Gasteiger partial charge in [0.15, 0.2) is 0 Å². The van der Waals surface area contributed by atoms with Crippen molar-refractivity contribution in [2.75, 3.05) is 0 Å². The number of fused-ring (bicyclic) bond motifs is 1. The average Bonchev–Trinajstić information content (AvgIpc) is 2.78. The molecule has 0 spiro atoms. The first kappa shape index (κ1) is 13.1. The molecule has 20 heavy (non-hydrogen) atoms. The van der Waals surface area contributed by atoms with Gasteiger partial charge in [-0.15, -0.1) is 0 Å². The zero-order valence-electron chi connectivity index (χ0n) is 10.7. The first-order valence-corrected chi connectivity index (χ1v) is 6.99. The van der Waals surface area contributed by atoms with E-state index >= 15 is 0 Å². The van der Waals surface area contributed by atoms with E-state index in [0.717, 1.165) is 15.5 Å². The van der Waals surface area contributed by atoms with Crippen LogP contribution in [0, 0.1) is 5.82 Å². The van der Waals surface area contributed by atoms with Gasteiger partial charge < -0.3 is 4.57 Å². The molecule has 2 aromatic carbocycles. The zero-order valence-corrected chi connectivity index (χ0v) is 12.3.